The van der Waals surface area contributed by atoms with Gasteiger partial charge in [-0.15, -0.1) is 0 Å². The first-order chi connectivity index (χ1) is 8.65. The molecule has 1 aliphatic heterocycles. The molecule has 0 amide bonds. The molecule has 18 heavy (non-hydrogen) atoms. The van der Waals surface area contributed by atoms with Crippen LogP contribution in [-0.4, -0.2) is 36.8 Å². The topological polar surface area (TPSA) is 52.6 Å². The molecule has 0 aromatic heterocycles. The second kappa shape index (κ2) is 6.20. The highest BCUT2D eigenvalue weighted by Gasteiger charge is 2.20. The Bertz CT molecular complexity index is 425. The smallest absolute Gasteiger partial charge is 0.303 e. The number of nitrogens with one attached hydrogen (secondary N) is 1. The Kier molecular flexibility index (Phi) is 4.60. The zero-order valence-corrected chi connectivity index (χ0v) is 11.7. The Balaban J connectivity index is 1.96. The summed E-state index contributed by atoms with van der Waals surface area (Å²) in [4.78, 5) is 12.9. The minimum Gasteiger partial charge on any atom is -0.481 e. The summed E-state index contributed by atoms with van der Waals surface area (Å²) >= 11 is 3.47. The third kappa shape index (κ3) is 3.71. The van der Waals surface area contributed by atoms with Crippen molar-refractivity contribution in [3.05, 3.63) is 28.7 Å². The Morgan fingerprint density at radius 1 is 1.56 bits per heavy atom. The van der Waals surface area contributed by atoms with Crippen molar-refractivity contribution >= 4 is 27.6 Å². The number of nitrogens with zero attached hydrogens (tertiary/aromatic N) is 1. The van der Waals surface area contributed by atoms with Gasteiger partial charge >= 0.3 is 5.97 Å². The van der Waals surface area contributed by atoms with Gasteiger partial charge in [0.15, 0.2) is 0 Å². The fourth-order valence-electron chi connectivity index (χ4n) is 2.22. The van der Waals surface area contributed by atoms with Crippen molar-refractivity contribution in [3.8, 4) is 0 Å². The highest BCUT2D eigenvalue weighted by atomic mass is 79.9. The van der Waals surface area contributed by atoms with Gasteiger partial charge in [-0.3, -0.25) is 4.79 Å². The number of hydrogen-bond donors (Lipinski definition) is 2. The van der Waals surface area contributed by atoms with E-state index in [1.54, 1.807) is 0 Å². The van der Waals surface area contributed by atoms with Crippen LogP contribution in [0, 0.1) is 0 Å². The maximum atomic E-state index is 10.6. The van der Waals surface area contributed by atoms with Crippen LogP contribution >= 0.6 is 15.9 Å². The number of hydrogen-bond acceptors (Lipinski definition) is 3. The van der Waals surface area contributed by atoms with Gasteiger partial charge in [0.1, 0.15) is 0 Å². The summed E-state index contributed by atoms with van der Waals surface area (Å²) in [5.41, 5.74) is 1.19. The van der Waals surface area contributed by atoms with Crippen LogP contribution in [0.4, 0.5) is 5.69 Å². The molecule has 0 radical (unpaired) electrons. The number of carboxylic acids is 1. The summed E-state index contributed by atoms with van der Waals surface area (Å²) in [5, 5.41) is 12.1. The molecule has 1 unspecified atom stereocenters. The molecular weight excluding hydrogens is 296 g/mol. The van der Waals surface area contributed by atoms with E-state index in [2.05, 4.69) is 38.3 Å². The SMILES string of the molecule is O=C(O)CCC1CN(c2cccc(Br)c2)CCN1. The van der Waals surface area contributed by atoms with Crippen molar-refractivity contribution < 1.29 is 9.90 Å². The largest absolute Gasteiger partial charge is 0.481 e. The lowest BCUT2D eigenvalue weighted by molar-refractivity contribution is -0.137. The van der Waals surface area contributed by atoms with Crippen LogP contribution in [0.3, 0.4) is 0 Å². The average Bonchev–Trinajstić information content (AvgIpc) is 2.37. The van der Waals surface area contributed by atoms with Crippen LogP contribution in [0.5, 0.6) is 0 Å². The third-order valence-electron chi connectivity index (χ3n) is 3.14. The fourth-order valence-corrected chi connectivity index (χ4v) is 2.61. The molecule has 2 rings (SSSR count). The first-order valence-electron chi connectivity index (χ1n) is 6.11. The molecule has 1 heterocycles. The number of piperazine rings is 1. The predicted octanol–water partition coefficient (Wildman–Crippen LogP) is 2.09. The maximum absolute atomic E-state index is 10.6. The van der Waals surface area contributed by atoms with Crippen molar-refractivity contribution in [1.29, 1.82) is 0 Å². The van der Waals surface area contributed by atoms with E-state index in [4.69, 9.17) is 5.11 Å². The first-order valence-corrected chi connectivity index (χ1v) is 6.90. The molecule has 1 saturated heterocycles. The van der Waals surface area contributed by atoms with Crippen molar-refractivity contribution in [1.82, 2.24) is 5.32 Å². The summed E-state index contributed by atoms with van der Waals surface area (Å²) in [6.45, 7) is 2.72. The monoisotopic (exact) mass is 312 g/mol. The van der Waals surface area contributed by atoms with Crippen LogP contribution in [0.25, 0.3) is 0 Å². The Hall–Kier alpha value is -1.07. The molecule has 98 valence electrons. The number of rotatable bonds is 4. The van der Waals surface area contributed by atoms with Gasteiger partial charge in [0.05, 0.1) is 0 Å². The van der Waals surface area contributed by atoms with Gasteiger partial charge < -0.3 is 15.3 Å². The van der Waals surface area contributed by atoms with E-state index in [1.165, 1.54) is 5.69 Å². The van der Waals surface area contributed by atoms with E-state index >= 15 is 0 Å². The Labute approximate surface area is 115 Å². The molecule has 1 aromatic carbocycles. The molecule has 1 fully saturated rings. The second-order valence-corrected chi connectivity index (χ2v) is 5.43. The van der Waals surface area contributed by atoms with Crippen molar-refractivity contribution in [3.63, 3.8) is 0 Å². The Morgan fingerprint density at radius 2 is 2.39 bits per heavy atom. The third-order valence-corrected chi connectivity index (χ3v) is 3.63. The molecule has 0 aliphatic carbocycles. The number of aliphatic carboxylic acids is 1. The summed E-state index contributed by atoms with van der Waals surface area (Å²) in [7, 11) is 0. The van der Waals surface area contributed by atoms with Gasteiger partial charge in [-0.25, -0.2) is 0 Å². The van der Waals surface area contributed by atoms with E-state index in [-0.39, 0.29) is 12.5 Å². The maximum Gasteiger partial charge on any atom is 0.303 e. The lowest BCUT2D eigenvalue weighted by Crippen LogP contribution is -2.50. The van der Waals surface area contributed by atoms with Crippen LogP contribution < -0.4 is 10.2 Å². The van der Waals surface area contributed by atoms with Crippen LogP contribution in [-0.2, 0) is 4.79 Å². The summed E-state index contributed by atoms with van der Waals surface area (Å²) in [6, 6.07) is 8.47. The molecular formula is C13H17BrN2O2. The van der Waals surface area contributed by atoms with Crippen molar-refractivity contribution in [2.24, 2.45) is 0 Å². The van der Waals surface area contributed by atoms with Crippen LogP contribution in [0.15, 0.2) is 28.7 Å². The summed E-state index contributed by atoms with van der Waals surface area (Å²) in [5.74, 6) is -0.726. The van der Waals surface area contributed by atoms with Gasteiger partial charge in [0.2, 0.25) is 0 Å². The van der Waals surface area contributed by atoms with E-state index in [1.807, 2.05) is 12.1 Å². The van der Waals surface area contributed by atoms with Crippen molar-refractivity contribution in [2.75, 3.05) is 24.5 Å². The molecule has 2 N–H and O–H groups in total. The lowest BCUT2D eigenvalue weighted by Gasteiger charge is -2.35. The van der Waals surface area contributed by atoms with Crippen LogP contribution in [0.2, 0.25) is 0 Å². The summed E-state index contributed by atoms with van der Waals surface area (Å²) in [6.07, 6.45) is 0.907. The van der Waals surface area contributed by atoms with Gasteiger partial charge in [-0.05, 0) is 24.6 Å². The molecule has 1 atom stereocenters. The Morgan fingerprint density at radius 3 is 3.11 bits per heavy atom. The number of halogens is 1. The van der Waals surface area contributed by atoms with Gasteiger partial charge in [0, 0.05) is 42.3 Å². The minimum absolute atomic E-state index is 0.226. The van der Waals surface area contributed by atoms with Gasteiger partial charge in [-0.2, -0.15) is 0 Å². The lowest BCUT2D eigenvalue weighted by atomic mass is 10.1. The molecule has 0 spiro atoms. The second-order valence-electron chi connectivity index (χ2n) is 4.51. The van der Waals surface area contributed by atoms with E-state index in [9.17, 15) is 4.79 Å². The van der Waals surface area contributed by atoms with Crippen LogP contribution in [0.1, 0.15) is 12.8 Å². The highest BCUT2D eigenvalue weighted by Crippen LogP contribution is 2.21. The van der Waals surface area contributed by atoms with Gasteiger partial charge in [0.25, 0.3) is 0 Å². The minimum atomic E-state index is -0.726. The molecule has 0 bridgehead atoms. The standard InChI is InChI=1S/C13H17BrN2O2/c14-10-2-1-3-12(8-10)16-7-6-15-11(9-16)4-5-13(17)18/h1-3,8,11,15H,4-7,9H2,(H,17,18). The van der Waals surface area contributed by atoms with E-state index in [0.29, 0.717) is 6.42 Å². The fraction of sp³-hybridized carbons (Fsp3) is 0.462. The molecule has 1 aliphatic rings. The molecule has 0 saturated carbocycles. The van der Waals surface area contributed by atoms with E-state index < -0.39 is 5.97 Å². The quantitative estimate of drug-likeness (QED) is 0.894. The number of carbonyl (C=O) groups is 1. The average molecular weight is 313 g/mol. The number of anilines is 1. The zero-order valence-electron chi connectivity index (χ0n) is 10.1. The van der Waals surface area contributed by atoms with Crippen molar-refractivity contribution in [2.45, 2.75) is 18.9 Å². The normalized spacial score (nSPS) is 19.8. The highest BCUT2D eigenvalue weighted by molar-refractivity contribution is 9.10. The molecule has 1 aromatic rings. The molecule has 5 heteroatoms. The molecule has 4 nitrogen and oxygen atoms in total. The predicted molar refractivity (Wildman–Crippen MR) is 75.0 cm³/mol. The van der Waals surface area contributed by atoms with Gasteiger partial charge in [-0.1, -0.05) is 22.0 Å². The number of carboxylic acid groups (broad SMARTS) is 1. The zero-order chi connectivity index (χ0) is 13.0. The number of benzene rings is 1. The summed E-state index contributed by atoms with van der Waals surface area (Å²) < 4.78 is 1.07. The van der Waals surface area contributed by atoms with E-state index in [0.717, 1.165) is 24.1 Å². The first kappa shape index (κ1) is 13.4.